The third-order valence-corrected chi connectivity index (χ3v) is 8.83. The summed E-state index contributed by atoms with van der Waals surface area (Å²) in [7, 11) is 3.56. The van der Waals surface area contributed by atoms with Crippen LogP contribution in [0.2, 0.25) is 0 Å². The molecule has 43 heavy (non-hydrogen) atoms. The molecule has 0 fully saturated rings. The van der Waals surface area contributed by atoms with Crippen LogP contribution in [0.4, 0.5) is 11.4 Å². The van der Waals surface area contributed by atoms with Gasteiger partial charge in [-0.3, -0.25) is 0 Å². The molecule has 9 aliphatic rings. The monoisotopic (exact) mass is 726 g/mol. The molecule has 0 spiro atoms. The first-order valence-electron chi connectivity index (χ1n) is 14.9. The fraction of sp³-hybridized carbons (Fsp3) is 0.270. The normalized spacial score (nSPS) is 15.4. The van der Waals surface area contributed by atoms with Gasteiger partial charge in [0.25, 0.3) is 0 Å². The third kappa shape index (κ3) is 6.61. The fourth-order valence-electron chi connectivity index (χ4n) is 6.40. The van der Waals surface area contributed by atoms with Gasteiger partial charge in [0.15, 0.2) is 0 Å². The molecule has 1 heterocycles. The first-order chi connectivity index (χ1) is 21.2. The first kappa shape index (κ1) is 30.1. The second kappa shape index (κ2) is 13.8. The Labute approximate surface area is 274 Å². The predicted octanol–water partition coefficient (Wildman–Crippen LogP) is 8.11. The Kier molecular flexibility index (Phi) is 9.64. The molecule has 0 saturated heterocycles. The zero-order valence-electron chi connectivity index (χ0n) is 24.6. The van der Waals surface area contributed by atoms with Gasteiger partial charge in [-0.25, -0.2) is 0 Å². The molecule has 4 aromatic rings. The number of rotatable bonds is 4. The van der Waals surface area contributed by atoms with Crippen LogP contribution in [0.25, 0.3) is 0 Å². The molecule has 0 unspecified atom stereocenters. The maximum atomic E-state index is 5.75. The van der Waals surface area contributed by atoms with Crippen molar-refractivity contribution < 1.29 is 28.4 Å². The average molecular weight is 728 g/mol. The number of hydrogen-bond donors (Lipinski definition) is 0. The van der Waals surface area contributed by atoms with E-state index in [2.05, 4.69) is 134 Å². The zero-order valence-corrected chi connectivity index (χ0v) is 27.7. The van der Waals surface area contributed by atoms with Gasteiger partial charge in [-0.15, -0.1) is 0 Å². The number of halogens is 1. The standard InChI is InChI=1S/C37H36N2O2.Ag.BrH/c1-40-36-23-28-5-3-26-7-11-30(15-17-32(36)13-9-28)34(21-26)38-19-20-39(25-38)35-22-27-4-6-29-10-14-33(37(24-29)41-2)18-16-31(35)12-8-27;;/h7-14,19-24H,3-6,15-18H2,1-2H3;;1H/q;+1;/p-1. The molecule has 8 bridgehead atoms. The van der Waals surface area contributed by atoms with Crippen molar-refractivity contribution in [3.63, 3.8) is 0 Å². The molecule has 4 aromatic carbocycles. The minimum atomic E-state index is 0.938. The van der Waals surface area contributed by atoms with E-state index in [0.29, 0.717) is 0 Å². The van der Waals surface area contributed by atoms with Crippen molar-refractivity contribution in [3.05, 3.63) is 136 Å². The van der Waals surface area contributed by atoms with Crippen molar-refractivity contribution in [1.29, 1.82) is 0 Å². The fourth-order valence-corrected chi connectivity index (χ4v) is 6.40. The minimum absolute atomic E-state index is 0.938. The number of methoxy groups -OCH3 is 2. The molecule has 0 saturated carbocycles. The summed E-state index contributed by atoms with van der Waals surface area (Å²) in [6.07, 6.45) is 12.0. The van der Waals surface area contributed by atoms with Crippen molar-refractivity contribution in [2.24, 2.45) is 0 Å². The number of benzene rings is 4. The van der Waals surface area contributed by atoms with E-state index in [-0.39, 0.29) is 0 Å². The van der Waals surface area contributed by atoms with Crippen LogP contribution in [0.15, 0.2) is 85.2 Å². The van der Waals surface area contributed by atoms with E-state index in [1.54, 1.807) is 14.2 Å². The quantitative estimate of drug-likeness (QED) is 0.199. The molecule has 0 N–H and O–H groups in total. The van der Waals surface area contributed by atoms with Crippen LogP contribution in [-0.4, -0.2) is 14.2 Å². The Morgan fingerprint density at radius 3 is 1.26 bits per heavy atom. The van der Waals surface area contributed by atoms with E-state index < -0.39 is 0 Å². The Balaban J connectivity index is 0.00000161. The van der Waals surface area contributed by atoms with E-state index >= 15 is 0 Å². The van der Waals surface area contributed by atoms with Gasteiger partial charge in [0, 0.05) is 23.8 Å². The van der Waals surface area contributed by atoms with E-state index in [4.69, 9.17) is 9.47 Å². The second-order valence-corrected chi connectivity index (χ2v) is 11.4. The first-order valence-corrected chi connectivity index (χ1v) is 18.3. The molecular weight excluding hydrogens is 692 g/mol. The van der Waals surface area contributed by atoms with Gasteiger partial charge in [-0.05, 0) is 120 Å². The molecule has 8 aliphatic carbocycles. The van der Waals surface area contributed by atoms with Crippen LogP contribution in [0, 0.1) is 6.67 Å². The van der Waals surface area contributed by atoms with Gasteiger partial charge >= 0.3 is 32.0 Å². The van der Waals surface area contributed by atoms with Crippen molar-refractivity contribution in [2.45, 2.75) is 51.4 Å². The maximum absolute atomic E-state index is 5.75. The van der Waals surface area contributed by atoms with Gasteiger partial charge in [0.2, 0.25) is 6.67 Å². The molecule has 2 radical (unpaired) electrons. The number of ether oxygens (including phenoxy) is 2. The molecule has 1 aliphatic heterocycles. The van der Waals surface area contributed by atoms with Gasteiger partial charge in [0.05, 0.1) is 14.2 Å². The summed E-state index contributed by atoms with van der Waals surface area (Å²) in [5, 5.41) is 0. The van der Waals surface area contributed by atoms with Gasteiger partial charge < -0.3 is 19.3 Å². The molecule has 13 rings (SSSR count). The summed E-state index contributed by atoms with van der Waals surface area (Å²) in [6.45, 7) is 3.69. The Bertz CT molecular complexity index is 1520. The molecule has 0 aromatic heterocycles. The van der Waals surface area contributed by atoms with Crippen molar-refractivity contribution in [3.8, 4) is 11.5 Å². The van der Waals surface area contributed by atoms with Crippen LogP contribution >= 0.6 is 13.0 Å². The van der Waals surface area contributed by atoms with Crippen LogP contribution in [-0.2, 0) is 70.3 Å². The SMILES string of the molecule is COc1cc2ccc1CCc1ccc(cc1N1[C]N(c3cc4ccc3CCc3ccc(cc3OC)CC4)C=C1)CC2.[Br][Ag]. The van der Waals surface area contributed by atoms with E-state index in [1.165, 1.54) is 55.9 Å². The average Bonchev–Trinajstić information content (AvgIpc) is 3.54. The van der Waals surface area contributed by atoms with Crippen molar-refractivity contribution >= 4 is 24.4 Å². The van der Waals surface area contributed by atoms with Crippen LogP contribution in [0.1, 0.15) is 44.5 Å². The van der Waals surface area contributed by atoms with Crippen molar-refractivity contribution in [1.82, 2.24) is 0 Å². The molecule has 6 heteroatoms. The summed E-state index contributed by atoms with van der Waals surface area (Å²) in [6, 6.07) is 27.4. The molecular formula is C37H36AgBrN2O2. The number of nitrogens with zero attached hydrogens (tertiary/aromatic N) is 2. The summed E-state index contributed by atoms with van der Waals surface area (Å²) in [5.41, 5.74) is 12.9. The summed E-state index contributed by atoms with van der Waals surface area (Å²) in [4.78, 5) is 4.37. The number of aryl methyl sites for hydroxylation is 8. The van der Waals surface area contributed by atoms with E-state index in [0.717, 1.165) is 62.9 Å². The number of hydrogen-bond acceptors (Lipinski definition) is 4. The molecule has 224 valence electrons. The van der Waals surface area contributed by atoms with E-state index in [1.807, 2.05) is 0 Å². The third-order valence-electron chi connectivity index (χ3n) is 8.83. The van der Waals surface area contributed by atoms with Crippen LogP contribution in [0.5, 0.6) is 11.5 Å². The van der Waals surface area contributed by atoms with Crippen LogP contribution < -0.4 is 19.3 Å². The Morgan fingerprint density at radius 1 is 0.512 bits per heavy atom. The second-order valence-electron chi connectivity index (χ2n) is 11.4. The van der Waals surface area contributed by atoms with Gasteiger partial charge in [-0.1, -0.05) is 48.5 Å². The van der Waals surface area contributed by atoms with Gasteiger partial charge in [0.1, 0.15) is 11.5 Å². The van der Waals surface area contributed by atoms with Crippen LogP contribution in [0.3, 0.4) is 0 Å². The Hall–Kier alpha value is -2.96. The Morgan fingerprint density at radius 2 is 0.860 bits per heavy atom. The molecule has 4 nitrogen and oxygen atoms in total. The summed E-state index contributed by atoms with van der Waals surface area (Å²) >= 11 is 5.51. The molecule has 0 atom stereocenters. The zero-order chi connectivity index (χ0) is 29.8. The summed E-state index contributed by atoms with van der Waals surface area (Å²) < 4.78 is 11.5. The summed E-state index contributed by atoms with van der Waals surface area (Å²) in [5.74, 6) is 2.01. The topological polar surface area (TPSA) is 24.9 Å². The van der Waals surface area contributed by atoms with Crippen molar-refractivity contribution in [2.75, 3.05) is 24.0 Å². The van der Waals surface area contributed by atoms with E-state index in [9.17, 15) is 0 Å². The molecule has 0 amide bonds. The number of anilines is 2. The predicted molar refractivity (Wildman–Crippen MR) is 175 cm³/mol. The van der Waals surface area contributed by atoms with Gasteiger partial charge in [-0.2, -0.15) is 0 Å².